The zero-order valence-corrected chi connectivity index (χ0v) is 14.2. The number of benzene rings is 1. The molecular weight excluding hydrogens is 286 g/mol. The Morgan fingerprint density at radius 2 is 1.90 bits per heavy atom. The molecule has 1 unspecified atom stereocenters. The Morgan fingerprint density at radius 3 is 2.45 bits per heavy atom. The van der Waals surface area contributed by atoms with Gasteiger partial charge in [0.2, 0.25) is 0 Å². The second-order valence-corrected chi connectivity index (χ2v) is 8.17. The third-order valence-corrected chi connectivity index (χ3v) is 5.90. The molecule has 0 spiro atoms. The van der Waals surface area contributed by atoms with E-state index >= 15 is 0 Å². The van der Waals surface area contributed by atoms with Gasteiger partial charge in [0.25, 0.3) is 0 Å². The lowest BCUT2D eigenvalue weighted by molar-refractivity contribution is -0.116. The van der Waals surface area contributed by atoms with Gasteiger partial charge in [0.05, 0.1) is 5.25 Å². The van der Waals surface area contributed by atoms with Gasteiger partial charge in [-0.3, -0.25) is 4.79 Å². The van der Waals surface area contributed by atoms with Crippen LogP contribution in [0.1, 0.15) is 32.8 Å². The fraction of sp³-hybridized carbons (Fsp3) is 0.562. The summed E-state index contributed by atoms with van der Waals surface area (Å²) in [6.07, 6.45) is 1.84. The number of hydrogen-bond acceptors (Lipinski definition) is 4. The SMILES string of the molecule is CC(=O)[C@H](Cc1ccccc1)SSCC(N)CC(C)C. The predicted molar refractivity (Wildman–Crippen MR) is 92.1 cm³/mol. The first-order chi connectivity index (χ1) is 9.49. The molecular formula is C16H25NOS2. The van der Waals surface area contributed by atoms with E-state index in [1.54, 1.807) is 28.5 Å². The van der Waals surface area contributed by atoms with Gasteiger partial charge in [0.15, 0.2) is 0 Å². The van der Waals surface area contributed by atoms with Gasteiger partial charge in [-0.05, 0) is 31.2 Å². The van der Waals surface area contributed by atoms with Crippen LogP contribution in [0.2, 0.25) is 0 Å². The van der Waals surface area contributed by atoms with E-state index in [1.807, 2.05) is 18.2 Å². The zero-order valence-electron chi connectivity index (χ0n) is 12.5. The van der Waals surface area contributed by atoms with Gasteiger partial charge in [0.1, 0.15) is 5.78 Å². The van der Waals surface area contributed by atoms with Crippen LogP contribution < -0.4 is 5.73 Å². The van der Waals surface area contributed by atoms with Crippen LogP contribution >= 0.6 is 21.6 Å². The third-order valence-electron chi connectivity index (χ3n) is 2.96. The molecule has 4 heteroatoms. The van der Waals surface area contributed by atoms with Crippen molar-refractivity contribution in [2.75, 3.05) is 5.75 Å². The van der Waals surface area contributed by atoms with E-state index in [1.165, 1.54) is 5.56 Å². The molecule has 0 saturated carbocycles. The van der Waals surface area contributed by atoms with Crippen molar-refractivity contribution < 1.29 is 4.79 Å². The monoisotopic (exact) mass is 311 g/mol. The number of carbonyl (C=O) groups is 1. The van der Waals surface area contributed by atoms with Gasteiger partial charge in [-0.15, -0.1) is 0 Å². The highest BCUT2D eigenvalue weighted by atomic mass is 33.1. The van der Waals surface area contributed by atoms with E-state index in [9.17, 15) is 4.79 Å². The fourth-order valence-corrected chi connectivity index (χ4v) is 4.77. The van der Waals surface area contributed by atoms with Crippen molar-refractivity contribution in [2.24, 2.45) is 11.7 Å². The van der Waals surface area contributed by atoms with Gasteiger partial charge in [-0.25, -0.2) is 0 Å². The molecule has 112 valence electrons. The summed E-state index contributed by atoms with van der Waals surface area (Å²) >= 11 is 0. The normalized spacial score (nSPS) is 14.2. The second kappa shape index (κ2) is 9.48. The Hall–Kier alpha value is -0.450. The Bertz CT molecular complexity index is 395. The highest BCUT2D eigenvalue weighted by molar-refractivity contribution is 8.77. The van der Waals surface area contributed by atoms with Crippen molar-refractivity contribution in [2.45, 2.75) is 44.9 Å². The molecule has 1 aromatic rings. The topological polar surface area (TPSA) is 43.1 Å². The van der Waals surface area contributed by atoms with E-state index in [2.05, 4.69) is 26.0 Å². The summed E-state index contributed by atoms with van der Waals surface area (Å²) in [6.45, 7) is 6.05. The number of rotatable bonds is 9. The molecule has 20 heavy (non-hydrogen) atoms. The minimum atomic E-state index is 0.0219. The van der Waals surface area contributed by atoms with E-state index in [0.717, 1.165) is 18.6 Å². The number of nitrogens with two attached hydrogens (primary N) is 1. The summed E-state index contributed by atoms with van der Waals surface area (Å²) in [4.78, 5) is 11.7. The minimum Gasteiger partial charge on any atom is -0.327 e. The maximum absolute atomic E-state index is 11.7. The molecule has 0 aliphatic carbocycles. The molecule has 0 radical (unpaired) electrons. The molecule has 0 fully saturated rings. The fourth-order valence-electron chi connectivity index (χ4n) is 1.96. The van der Waals surface area contributed by atoms with Gasteiger partial charge < -0.3 is 5.73 Å². The van der Waals surface area contributed by atoms with E-state index in [-0.39, 0.29) is 17.1 Å². The summed E-state index contributed by atoms with van der Waals surface area (Å²) < 4.78 is 0. The van der Waals surface area contributed by atoms with Crippen molar-refractivity contribution >= 4 is 27.4 Å². The number of hydrogen-bond donors (Lipinski definition) is 1. The first kappa shape index (κ1) is 17.6. The van der Waals surface area contributed by atoms with Crippen molar-refractivity contribution in [3.8, 4) is 0 Å². The van der Waals surface area contributed by atoms with Gasteiger partial charge >= 0.3 is 0 Å². The minimum absolute atomic E-state index is 0.0219. The molecule has 0 aliphatic rings. The Kier molecular flexibility index (Phi) is 8.34. The second-order valence-electron chi connectivity index (χ2n) is 5.56. The van der Waals surface area contributed by atoms with Crippen LogP contribution in [0.15, 0.2) is 30.3 Å². The molecule has 0 saturated heterocycles. The molecule has 2 atom stereocenters. The lowest BCUT2D eigenvalue weighted by Gasteiger charge is -2.16. The molecule has 2 nitrogen and oxygen atoms in total. The molecule has 1 rings (SSSR count). The smallest absolute Gasteiger partial charge is 0.143 e. The lowest BCUT2D eigenvalue weighted by Crippen LogP contribution is -2.25. The molecule has 0 bridgehead atoms. The van der Waals surface area contributed by atoms with Crippen molar-refractivity contribution in [3.05, 3.63) is 35.9 Å². The van der Waals surface area contributed by atoms with Gasteiger partial charge in [-0.1, -0.05) is 65.8 Å². The first-order valence-corrected chi connectivity index (χ1v) is 9.45. The van der Waals surface area contributed by atoms with Crippen molar-refractivity contribution in [1.29, 1.82) is 0 Å². The Labute approximate surface area is 130 Å². The lowest BCUT2D eigenvalue weighted by atomic mass is 10.1. The Balaban J connectivity index is 2.38. The van der Waals surface area contributed by atoms with Gasteiger partial charge in [-0.2, -0.15) is 0 Å². The number of carbonyl (C=O) groups excluding carboxylic acids is 1. The van der Waals surface area contributed by atoms with Crippen LogP contribution in [0.4, 0.5) is 0 Å². The van der Waals surface area contributed by atoms with Crippen LogP contribution in [0.5, 0.6) is 0 Å². The van der Waals surface area contributed by atoms with E-state index < -0.39 is 0 Å². The average Bonchev–Trinajstić information content (AvgIpc) is 2.37. The Morgan fingerprint density at radius 1 is 1.25 bits per heavy atom. The van der Waals surface area contributed by atoms with Crippen LogP contribution in [0.25, 0.3) is 0 Å². The molecule has 0 heterocycles. The zero-order chi connectivity index (χ0) is 15.0. The van der Waals surface area contributed by atoms with E-state index in [4.69, 9.17) is 5.73 Å². The largest absolute Gasteiger partial charge is 0.327 e. The maximum Gasteiger partial charge on any atom is 0.143 e. The van der Waals surface area contributed by atoms with Crippen LogP contribution in [-0.4, -0.2) is 22.8 Å². The van der Waals surface area contributed by atoms with Gasteiger partial charge in [0, 0.05) is 11.8 Å². The molecule has 0 aliphatic heterocycles. The molecule has 0 amide bonds. The molecule has 1 aromatic carbocycles. The van der Waals surface area contributed by atoms with Crippen LogP contribution in [-0.2, 0) is 11.2 Å². The van der Waals surface area contributed by atoms with Crippen molar-refractivity contribution in [1.82, 2.24) is 0 Å². The summed E-state index contributed by atoms with van der Waals surface area (Å²) in [7, 11) is 3.40. The first-order valence-electron chi connectivity index (χ1n) is 7.07. The number of Topliss-reactive ketones (excluding diaryl/α,β-unsaturated/α-hetero) is 1. The third kappa shape index (κ3) is 7.36. The molecule has 2 N–H and O–H groups in total. The molecule has 0 aromatic heterocycles. The standard InChI is InChI=1S/C16H25NOS2/c1-12(2)9-15(17)11-19-20-16(13(3)18)10-14-7-5-4-6-8-14/h4-8,12,15-16H,9-11,17H2,1-3H3/t15?,16-/m0/s1. The average molecular weight is 312 g/mol. The summed E-state index contributed by atoms with van der Waals surface area (Å²) in [6, 6.07) is 10.4. The highest BCUT2D eigenvalue weighted by Gasteiger charge is 2.17. The quantitative estimate of drug-likeness (QED) is 0.701. The van der Waals surface area contributed by atoms with Crippen LogP contribution in [0.3, 0.4) is 0 Å². The maximum atomic E-state index is 11.7. The summed E-state index contributed by atoms with van der Waals surface area (Å²) in [5.74, 6) is 1.77. The highest BCUT2D eigenvalue weighted by Crippen LogP contribution is 2.30. The van der Waals surface area contributed by atoms with Crippen LogP contribution in [0, 0.1) is 5.92 Å². The van der Waals surface area contributed by atoms with E-state index in [0.29, 0.717) is 5.92 Å². The van der Waals surface area contributed by atoms with Crippen molar-refractivity contribution in [3.63, 3.8) is 0 Å². The summed E-state index contributed by atoms with van der Waals surface area (Å²) in [5, 5.41) is 0.0219. The summed E-state index contributed by atoms with van der Waals surface area (Å²) in [5.41, 5.74) is 7.29. The predicted octanol–water partition coefficient (Wildman–Crippen LogP) is 3.94. The number of ketones is 1.